The van der Waals surface area contributed by atoms with Crippen LogP contribution in [0.3, 0.4) is 0 Å². The zero-order valence-electron chi connectivity index (χ0n) is 13.7. The molecule has 0 atom stereocenters. The number of benzene rings is 2. The van der Waals surface area contributed by atoms with Crippen molar-refractivity contribution in [1.29, 1.82) is 0 Å². The van der Waals surface area contributed by atoms with Gasteiger partial charge in [-0.2, -0.15) is 0 Å². The summed E-state index contributed by atoms with van der Waals surface area (Å²) in [5.41, 5.74) is 9.44. The smallest absolute Gasteiger partial charge is 0.255 e. The largest absolute Gasteiger partial charge is 0.399 e. The fraction of sp³-hybridized carbons (Fsp3) is 0.158. The van der Waals surface area contributed by atoms with Gasteiger partial charge in [-0.15, -0.1) is 0 Å². The number of hydrogen-bond acceptors (Lipinski definition) is 4. The Labute approximate surface area is 140 Å². The third kappa shape index (κ3) is 3.30. The summed E-state index contributed by atoms with van der Waals surface area (Å²) in [4.78, 5) is 17.0. The zero-order chi connectivity index (χ0) is 17.1. The highest BCUT2D eigenvalue weighted by Crippen LogP contribution is 2.30. The number of para-hydroxylation sites is 1. The Kier molecular flexibility index (Phi) is 4.33. The number of nitrogens with zero attached hydrogens (tertiary/aromatic N) is 1. The minimum Gasteiger partial charge on any atom is -0.399 e. The lowest BCUT2D eigenvalue weighted by Crippen LogP contribution is -2.30. The van der Waals surface area contributed by atoms with Crippen molar-refractivity contribution >= 4 is 33.9 Å². The number of carbonyl (C=O) groups excluding carboxylic acids is 1. The topological polar surface area (TPSA) is 80.0 Å². The van der Waals surface area contributed by atoms with E-state index < -0.39 is 0 Å². The zero-order valence-corrected chi connectivity index (χ0v) is 13.7. The van der Waals surface area contributed by atoms with Crippen LogP contribution in [0.2, 0.25) is 0 Å². The maximum atomic E-state index is 12.6. The van der Waals surface area contributed by atoms with Crippen LogP contribution >= 0.6 is 0 Å². The van der Waals surface area contributed by atoms with E-state index in [0.717, 1.165) is 16.6 Å². The van der Waals surface area contributed by atoms with Crippen LogP contribution in [0.5, 0.6) is 0 Å². The van der Waals surface area contributed by atoms with Crippen LogP contribution in [-0.2, 0) is 0 Å². The van der Waals surface area contributed by atoms with E-state index in [9.17, 15) is 4.79 Å². The van der Waals surface area contributed by atoms with Gasteiger partial charge in [0.15, 0.2) is 0 Å². The van der Waals surface area contributed by atoms with Crippen LogP contribution in [0.1, 0.15) is 24.2 Å². The Morgan fingerprint density at radius 1 is 1.12 bits per heavy atom. The Bertz CT molecular complexity index is 875. The molecule has 24 heavy (non-hydrogen) atoms. The van der Waals surface area contributed by atoms with Crippen LogP contribution in [0, 0.1) is 0 Å². The molecule has 0 saturated carbocycles. The van der Waals surface area contributed by atoms with Gasteiger partial charge in [-0.3, -0.25) is 9.78 Å². The first kappa shape index (κ1) is 15.8. The Morgan fingerprint density at radius 3 is 2.58 bits per heavy atom. The highest BCUT2D eigenvalue weighted by Gasteiger charge is 2.16. The van der Waals surface area contributed by atoms with E-state index in [1.165, 1.54) is 0 Å². The van der Waals surface area contributed by atoms with E-state index in [-0.39, 0.29) is 11.9 Å². The first-order chi connectivity index (χ1) is 11.5. The molecular weight excluding hydrogens is 300 g/mol. The van der Waals surface area contributed by atoms with Crippen molar-refractivity contribution in [2.24, 2.45) is 0 Å². The summed E-state index contributed by atoms with van der Waals surface area (Å²) in [6, 6.07) is 15.2. The molecule has 0 unspecified atom stereocenters. The molecule has 1 heterocycles. The monoisotopic (exact) mass is 320 g/mol. The molecule has 2 aromatic carbocycles. The maximum absolute atomic E-state index is 12.6. The fourth-order valence-corrected chi connectivity index (χ4v) is 2.52. The summed E-state index contributed by atoms with van der Waals surface area (Å²) in [6.45, 7) is 3.85. The van der Waals surface area contributed by atoms with Gasteiger partial charge in [0.25, 0.3) is 5.91 Å². The molecule has 4 N–H and O–H groups in total. The summed E-state index contributed by atoms with van der Waals surface area (Å²) >= 11 is 0. The van der Waals surface area contributed by atoms with Crippen LogP contribution in [0.4, 0.5) is 17.1 Å². The second kappa shape index (κ2) is 6.58. The fourth-order valence-electron chi connectivity index (χ4n) is 2.52. The second-order valence-electron chi connectivity index (χ2n) is 5.94. The molecule has 0 aliphatic rings. The first-order valence-electron chi connectivity index (χ1n) is 7.86. The average Bonchev–Trinajstić information content (AvgIpc) is 2.55. The van der Waals surface area contributed by atoms with E-state index >= 15 is 0 Å². The minimum atomic E-state index is -0.166. The van der Waals surface area contributed by atoms with Gasteiger partial charge in [0, 0.05) is 29.0 Å². The molecule has 0 saturated heterocycles. The van der Waals surface area contributed by atoms with E-state index in [1.54, 1.807) is 12.3 Å². The molecular formula is C19H20N4O. The van der Waals surface area contributed by atoms with Crippen LogP contribution in [-0.4, -0.2) is 16.9 Å². The van der Waals surface area contributed by atoms with Crippen molar-refractivity contribution < 1.29 is 4.79 Å². The lowest BCUT2D eigenvalue weighted by atomic mass is 10.1. The van der Waals surface area contributed by atoms with E-state index in [4.69, 9.17) is 5.73 Å². The maximum Gasteiger partial charge on any atom is 0.255 e. The molecule has 5 heteroatoms. The van der Waals surface area contributed by atoms with E-state index in [2.05, 4.69) is 15.6 Å². The predicted molar refractivity (Wildman–Crippen MR) is 98.5 cm³/mol. The molecule has 1 amide bonds. The molecule has 5 nitrogen and oxygen atoms in total. The number of anilines is 3. The Hall–Kier alpha value is -3.08. The summed E-state index contributed by atoms with van der Waals surface area (Å²) in [5, 5.41) is 7.07. The third-order valence-electron chi connectivity index (χ3n) is 3.60. The number of pyridine rings is 1. The second-order valence-corrected chi connectivity index (χ2v) is 5.94. The summed E-state index contributed by atoms with van der Waals surface area (Å²) in [7, 11) is 0. The first-order valence-corrected chi connectivity index (χ1v) is 7.86. The summed E-state index contributed by atoms with van der Waals surface area (Å²) in [5.74, 6) is -0.166. The van der Waals surface area contributed by atoms with Gasteiger partial charge in [-0.05, 0) is 44.2 Å². The van der Waals surface area contributed by atoms with E-state index in [0.29, 0.717) is 16.9 Å². The summed E-state index contributed by atoms with van der Waals surface area (Å²) in [6.07, 6.45) is 1.60. The van der Waals surface area contributed by atoms with Crippen LogP contribution in [0.15, 0.2) is 54.7 Å². The number of nitrogen functional groups attached to an aromatic ring is 1. The number of hydrogen-bond donors (Lipinski definition) is 3. The molecule has 0 aliphatic heterocycles. The third-order valence-corrected chi connectivity index (χ3v) is 3.60. The molecule has 3 rings (SSSR count). The molecule has 0 fully saturated rings. The quantitative estimate of drug-likeness (QED) is 0.640. The predicted octanol–water partition coefficient (Wildman–Crippen LogP) is 3.70. The van der Waals surface area contributed by atoms with Gasteiger partial charge >= 0.3 is 0 Å². The molecule has 122 valence electrons. The minimum absolute atomic E-state index is 0.0404. The standard InChI is InChI=1S/C19H20N4O/c1-12(2)22-19(24)16-11-21-17-9-8-13(20)10-15(17)18(16)23-14-6-4-3-5-7-14/h3-12H,20H2,1-2H3,(H,21,23)(H,22,24). The molecule has 0 radical (unpaired) electrons. The number of amides is 1. The van der Waals surface area contributed by atoms with Crippen molar-refractivity contribution in [2.45, 2.75) is 19.9 Å². The SMILES string of the molecule is CC(C)NC(=O)c1cnc2ccc(N)cc2c1Nc1ccccc1. The number of nitrogens with one attached hydrogen (secondary N) is 2. The van der Waals surface area contributed by atoms with Gasteiger partial charge < -0.3 is 16.4 Å². The van der Waals surface area contributed by atoms with Crippen molar-refractivity contribution in [1.82, 2.24) is 10.3 Å². The van der Waals surface area contributed by atoms with Gasteiger partial charge in [-0.25, -0.2) is 0 Å². The molecule has 0 bridgehead atoms. The number of fused-ring (bicyclic) bond motifs is 1. The van der Waals surface area contributed by atoms with Gasteiger partial charge in [0.2, 0.25) is 0 Å². The number of nitrogens with two attached hydrogens (primary N) is 1. The van der Waals surface area contributed by atoms with Crippen LogP contribution in [0.25, 0.3) is 10.9 Å². The van der Waals surface area contributed by atoms with E-state index in [1.807, 2.05) is 56.3 Å². The van der Waals surface area contributed by atoms with Gasteiger partial charge in [-0.1, -0.05) is 18.2 Å². The highest BCUT2D eigenvalue weighted by molar-refractivity contribution is 6.08. The Balaban J connectivity index is 2.16. The van der Waals surface area contributed by atoms with Crippen molar-refractivity contribution in [3.63, 3.8) is 0 Å². The number of carbonyl (C=O) groups is 1. The number of aromatic nitrogens is 1. The molecule has 0 aliphatic carbocycles. The number of rotatable bonds is 4. The van der Waals surface area contributed by atoms with Gasteiger partial charge in [0.05, 0.1) is 16.8 Å². The lowest BCUT2D eigenvalue weighted by Gasteiger charge is -2.16. The van der Waals surface area contributed by atoms with Crippen molar-refractivity contribution in [2.75, 3.05) is 11.1 Å². The lowest BCUT2D eigenvalue weighted by molar-refractivity contribution is 0.0944. The van der Waals surface area contributed by atoms with Gasteiger partial charge in [0.1, 0.15) is 0 Å². The summed E-state index contributed by atoms with van der Waals surface area (Å²) < 4.78 is 0. The highest BCUT2D eigenvalue weighted by atomic mass is 16.1. The molecule has 0 spiro atoms. The Morgan fingerprint density at radius 2 is 1.88 bits per heavy atom. The van der Waals surface area contributed by atoms with Crippen LogP contribution < -0.4 is 16.4 Å². The molecule has 1 aromatic heterocycles. The molecule has 3 aromatic rings. The average molecular weight is 320 g/mol. The van der Waals surface area contributed by atoms with Crippen molar-refractivity contribution in [3.05, 3.63) is 60.3 Å². The van der Waals surface area contributed by atoms with Crippen molar-refractivity contribution in [3.8, 4) is 0 Å². The normalized spacial score (nSPS) is 10.8.